The summed E-state index contributed by atoms with van der Waals surface area (Å²) in [4.78, 5) is 23.6. The molecule has 9 atom stereocenters. The van der Waals surface area contributed by atoms with Gasteiger partial charge in [-0.05, 0) is 74.5 Å². The fraction of sp³-hybridized carbons (Fsp3) is 0.913. The van der Waals surface area contributed by atoms with Gasteiger partial charge in [0.05, 0.1) is 23.7 Å². The van der Waals surface area contributed by atoms with E-state index in [1.54, 1.807) is 0 Å². The molecule has 0 aromatic heterocycles. The van der Waals surface area contributed by atoms with E-state index in [9.17, 15) is 14.7 Å². The van der Waals surface area contributed by atoms with Crippen LogP contribution in [0.1, 0.15) is 65.2 Å². The molecular weight excluding hydrogens is 392 g/mol. The second kappa shape index (κ2) is 6.67. The predicted molar refractivity (Wildman–Crippen MR) is 107 cm³/mol. The van der Waals surface area contributed by atoms with Crippen molar-refractivity contribution in [1.29, 1.82) is 0 Å². The molecule has 1 aliphatic heterocycles. The number of ketones is 1. The monoisotopic (exact) mass is 424 g/mol. The summed E-state index contributed by atoms with van der Waals surface area (Å²) in [6, 6.07) is 0. The van der Waals surface area contributed by atoms with E-state index < -0.39 is 4.87 Å². The van der Waals surface area contributed by atoms with Gasteiger partial charge in [-0.15, -0.1) is 11.6 Å². The molecule has 5 rings (SSSR count). The molecule has 6 heteroatoms. The molecule has 162 valence electrons. The summed E-state index contributed by atoms with van der Waals surface area (Å²) in [6.07, 6.45) is 7.13. The van der Waals surface area contributed by atoms with Crippen LogP contribution in [-0.4, -0.2) is 47.2 Å². The van der Waals surface area contributed by atoms with Crippen molar-refractivity contribution in [1.82, 2.24) is 0 Å². The highest BCUT2D eigenvalue weighted by Gasteiger charge is 2.72. The van der Waals surface area contributed by atoms with Gasteiger partial charge in [-0.25, -0.2) is 0 Å². The topological polar surface area (TPSA) is 72.8 Å². The van der Waals surface area contributed by atoms with Crippen LogP contribution in [0.3, 0.4) is 0 Å². The molecule has 0 spiro atoms. The first-order valence-electron chi connectivity index (χ1n) is 11.4. The lowest BCUT2D eigenvalue weighted by Crippen LogP contribution is -2.64. The van der Waals surface area contributed by atoms with Crippen LogP contribution in [0.5, 0.6) is 0 Å². The van der Waals surface area contributed by atoms with Crippen molar-refractivity contribution in [3.8, 4) is 0 Å². The molecule has 1 saturated heterocycles. The Kier molecular flexibility index (Phi) is 4.66. The van der Waals surface area contributed by atoms with Crippen LogP contribution in [-0.2, 0) is 19.1 Å². The average molecular weight is 425 g/mol. The number of Topliss-reactive ketones (excluding diaryl/α,β-unsaturated/α-hetero) is 1. The molecule has 1 heterocycles. The van der Waals surface area contributed by atoms with E-state index in [0.717, 1.165) is 51.6 Å². The van der Waals surface area contributed by atoms with Gasteiger partial charge in [-0.2, -0.15) is 0 Å². The van der Waals surface area contributed by atoms with Crippen molar-refractivity contribution in [3.05, 3.63) is 0 Å². The smallest absolute Gasteiger partial charge is 0.303 e. The molecule has 29 heavy (non-hydrogen) atoms. The lowest BCUT2D eigenvalue weighted by Gasteiger charge is -2.62. The second-order valence-electron chi connectivity index (χ2n) is 10.7. The van der Waals surface area contributed by atoms with E-state index in [2.05, 4.69) is 6.92 Å². The lowest BCUT2D eigenvalue weighted by molar-refractivity contribution is -0.150. The normalized spacial score (nSPS) is 53.0. The molecule has 4 unspecified atom stereocenters. The third-order valence-electron chi connectivity index (χ3n) is 9.78. The highest BCUT2D eigenvalue weighted by molar-refractivity contribution is 6.25. The molecule has 2 bridgehead atoms. The van der Waals surface area contributed by atoms with Crippen molar-refractivity contribution < 1.29 is 24.2 Å². The zero-order valence-corrected chi connectivity index (χ0v) is 18.2. The largest absolute Gasteiger partial charge is 0.458 e. The van der Waals surface area contributed by atoms with Gasteiger partial charge in [0.15, 0.2) is 5.78 Å². The van der Waals surface area contributed by atoms with Gasteiger partial charge in [0.1, 0.15) is 6.61 Å². The fourth-order valence-corrected chi connectivity index (χ4v) is 9.13. The van der Waals surface area contributed by atoms with Gasteiger partial charge in [-0.3, -0.25) is 9.59 Å². The highest BCUT2D eigenvalue weighted by atomic mass is 35.5. The van der Waals surface area contributed by atoms with Crippen molar-refractivity contribution in [2.24, 2.45) is 34.5 Å². The molecular formula is C23H33ClO5. The Hall–Kier alpha value is -0.650. The van der Waals surface area contributed by atoms with E-state index in [1.165, 1.54) is 6.92 Å². The fourth-order valence-electron chi connectivity index (χ4n) is 8.51. The number of carbonyl (C=O) groups is 2. The van der Waals surface area contributed by atoms with Gasteiger partial charge in [0, 0.05) is 18.3 Å². The van der Waals surface area contributed by atoms with E-state index in [1.807, 2.05) is 0 Å². The Morgan fingerprint density at radius 3 is 2.72 bits per heavy atom. The average Bonchev–Trinajstić information content (AvgIpc) is 3.08. The van der Waals surface area contributed by atoms with Crippen LogP contribution in [0.4, 0.5) is 0 Å². The predicted octanol–water partition coefficient (Wildman–Crippen LogP) is 3.49. The highest BCUT2D eigenvalue weighted by Crippen LogP contribution is 2.72. The molecule has 5 fully saturated rings. The first kappa shape index (κ1) is 20.3. The van der Waals surface area contributed by atoms with Gasteiger partial charge >= 0.3 is 5.97 Å². The van der Waals surface area contributed by atoms with E-state index in [0.29, 0.717) is 24.2 Å². The maximum Gasteiger partial charge on any atom is 0.303 e. The zero-order valence-electron chi connectivity index (χ0n) is 17.5. The number of aliphatic hydroxyl groups is 1. The SMILES string of the molecule is CC(=O)OCC(=O)[C@H]1CCC2C3C[C@@H]4OC[C@@]5(CCC(O)C[C@]45Cl)C3CC[C@@]21C. The number of halogens is 1. The number of ether oxygens (including phenoxy) is 2. The van der Waals surface area contributed by atoms with Crippen molar-refractivity contribution in [2.45, 2.75) is 82.3 Å². The quantitative estimate of drug-likeness (QED) is 0.554. The zero-order chi connectivity index (χ0) is 20.6. The number of fused-ring (bicyclic) bond motifs is 3. The summed E-state index contributed by atoms with van der Waals surface area (Å²) in [5.41, 5.74) is -0.0441. The summed E-state index contributed by atoms with van der Waals surface area (Å²) in [7, 11) is 0. The number of esters is 1. The standard InChI is InChI=1S/C23H33ClO5/c1-13(25)28-11-19(27)18-4-3-16-15-9-20-23(24)10-14(26)5-8-22(23,12-29-20)17(15)6-7-21(16,18)2/h14-18,20,26H,3-12H2,1-2H3/t14?,15?,16?,17?,18-,20+,21+,22+,23+/m1/s1. The number of alkyl halides is 1. The summed E-state index contributed by atoms with van der Waals surface area (Å²) < 4.78 is 11.3. The van der Waals surface area contributed by atoms with Gasteiger partial charge in [0.25, 0.3) is 0 Å². The number of aliphatic hydroxyl groups excluding tert-OH is 1. The Morgan fingerprint density at radius 1 is 1.17 bits per heavy atom. The molecule has 0 aromatic rings. The Balaban J connectivity index is 1.41. The number of rotatable bonds is 3. The molecule has 4 saturated carbocycles. The van der Waals surface area contributed by atoms with Gasteiger partial charge < -0.3 is 14.6 Å². The Labute approximate surface area is 177 Å². The lowest BCUT2D eigenvalue weighted by atomic mass is 9.44. The minimum absolute atomic E-state index is 0.0125. The summed E-state index contributed by atoms with van der Waals surface area (Å²) in [5, 5.41) is 10.3. The van der Waals surface area contributed by atoms with E-state index in [-0.39, 0.29) is 47.3 Å². The molecule has 0 amide bonds. The maximum absolute atomic E-state index is 12.9. The molecule has 0 radical (unpaired) electrons. The summed E-state index contributed by atoms with van der Waals surface area (Å²) in [5.74, 6) is 1.24. The number of hydrogen-bond acceptors (Lipinski definition) is 5. The van der Waals surface area contributed by atoms with Gasteiger partial charge in [-0.1, -0.05) is 6.92 Å². The third kappa shape index (κ3) is 2.66. The molecule has 5 aliphatic rings. The van der Waals surface area contributed by atoms with Crippen LogP contribution in [0.15, 0.2) is 0 Å². The van der Waals surface area contributed by atoms with Crippen molar-refractivity contribution in [3.63, 3.8) is 0 Å². The van der Waals surface area contributed by atoms with Crippen LogP contribution in [0.25, 0.3) is 0 Å². The van der Waals surface area contributed by atoms with Gasteiger partial charge in [0.2, 0.25) is 0 Å². The molecule has 0 aromatic carbocycles. The van der Waals surface area contributed by atoms with Crippen LogP contribution < -0.4 is 0 Å². The summed E-state index contributed by atoms with van der Waals surface area (Å²) in [6.45, 7) is 4.29. The first-order valence-corrected chi connectivity index (χ1v) is 11.7. The van der Waals surface area contributed by atoms with E-state index in [4.69, 9.17) is 21.1 Å². The summed E-state index contributed by atoms with van der Waals surface area (Å²) >= 11 is 7.29. The first-order chi connectivity index (χ1) is 13.7. The number of carbonyl (C=O) groups excluding carboxylic acids is 2. The number of hydrogen-bond donors (Lipinski definition) is 1. The van der Waals surface area contributed by atoms with Crippen LogP contribution in [0.2, 0.25) is 0 Å². The second-order valence-corrected chi connectivity index (χ2v) is 11.4. The van der Waals surface area contributed by atoms with Crippen molar-refractivity contribution in [2.75, 3.05) is 13.2 Å². The maximum atomic E-state index is 12.9. The Bertz CT molecular complexity index is 726. The minimum atomic E-state index is -0.428. The Morgan fingerprint density at radius 2 is 1.97 bits per heavy atom. The third-order valence-corrected chi connectivity index (χ3v) is 10.6. The van der Waals surface area contributed by atoms with Crippen LogP contribution in [0, 0.1) is 34.5 Å². The molecule has 1 N–H and O–H groups in total. The van der Waals surface area contributed by atoms with Crippen LogP contribution >= 0.6 is 11.6 Å². The molecule has 5 nitrogen and oxygen atoms in total. The van der Waals surface area contributed by atoms with E-state index >= 15 is 0 Å². The molecule has 4 aliphatic carbocycles. The van der Waals surface area contributed by atoms with Crippen molar-refractivity contribution >= 4 is 23.4 Å². The minimum Gasteiger partial charge on any atom is -0.458 e.